The molecule has 2 atom stereocenters. The lowest BCUT2D eigenvalue weighted by molar-refractivity contribution is 0.121. The number of hydrogen-bond donors (Lipinski definition) is 1. The van der Waals surface area contributed by atoms with Gasteiger partial charge in [-0.2, -0.15) is 0 Å². The summed E-state index contributed by atoms with van der Waals surface area (Å²) >= 11 is 0. The molecule has 0 amide bonds. The fraction of sp³-hybridized carbons (Fsp3) is 1.00. The average Bonchev–Trinajstić information content (AvgIpc) is 2.17. The molecule has 3 heteroatoms. The summed E-state index contributed by atoms with van der Waals surface area (Å²) in [5.41, 5.74) is 5.09. The van der Waals surface area contributed by atoms with E-state index in [1.165, 1.54) is 0 Å². The van der Waals surface area contributed by atoms with E-state index in [2.05, 4.69) is 0 Å². The molecule has 2 N–H and O–H groups in total. The van der Waals surface area contributed by atoms with E-state index >= 15 is 0 Å². The molecule has 0 bridgehead atoms. The second-order valence-electron chi connectivity index (χ2n) is 1.90. The van der Waals surface area contributed by atoms with Gasteiger partial charge in [-0.05, 0) is 6.42 Å². The minimum atomic E-state index is -2.19. The molecule has 1 fully saturated rings. The molecular weight excluding hydrogens is 100 g/mol. The van der Waals surface area contributed by atoms with Crippen LogP contribution in [0.5, 0.6) is 0 Å². The number of alkyl halides is 2. The molecule has 0 heterocycles. The molecule has 1 aliphatic carbocycles. The smallest absolute Gasteiger partial charge is 0.242 e. The molecule has 1 nitrogen and oxygen atoms in total. The van der Waals surface area contributed by atoms with Crippen molar-refractivity contribution in [3.8, 4) is 0 Å². The zero-order valence-corrected chi connectivity index (χ0v) is 3.77. The van der Waals surface area contributed by atoms with Gasteiger partial charge in [-0.3, -0.25) is 0 Å². The topological polar surface area (TPSA) is 26.0 Å². The van der Waals surface area contributed by atoms with Crippen molar-refractivity contribution < 1.29 is 8.78 Å². The largest absolute Gasteiger partial charge is 0.327 e. The Balaban J connectivity index is 2.20. The van der Waals surface area contributed by atoms with E-state index in [9.17, 15) is 8.78 Å². The second kappa shape index (κ2) is 1.40. The standard InChI is InChI=1S/C4H7F2N/c5-4(6)2-1-3(2)7/h2-4H,1,7H2/t2-,3?/m1/s1. The van der Waals surface area contributed by atoms with Crippen LogP contribution in [0, 0.1) is 5.92 Å². The SMILES string of the molecule is NC1C[C@H]1C(F)F. The lowest BCUT2D eigenvalue weighted by atomic mass is 10.4. The molecule has 0 aromatic rings. The molecule has 1 unspecified atom stereocenters. The number of nitrogens with two attached hydrogens (primary N) is 1. The summed E-state index contributed by atoms with van der Waals surface area (Å²) in [5.74, 6) is -0.486. The van der Waals surface area contributed by atoms with E-state index in [0.29, 0.717) is 6.42 Å². The molecule has 0 spiro atoms. The summed E-state index contributed by atoms with van der Waals surface area (Å²) in [6.07, 6.45) is -1.67. The summed E-state index contributed by atoms with van der Waals surface area (Å²) in [6.45, 7) is 0. The van der Waals surface area contributed by atoms with Crippen LogP contribution in [-0.2, 0) is 0 Å². The van der Waals surface area contributed by atoms with Crippen molar-refractivity contribution in [2.75, 3.05) is 0 Å². The van der Waals surface area contributed by atoms with E-state index < -0.39 is 12.3 Å². The van der Waals surface area contributed by atoms with Gasteiger partial charge in [0.05, 0.1) is 0 Å². The van der Waals surface area contributed by atoms with Crippen LogP contribution < -0.4 is 5.73 Å². The molecule has 0 aromatic heterocycles. The monoisotopic (exact) mass is 107 g/mol. The van der Waals surface area contributed by atoms with Crippen LogP contribution in [0.2, 0.25) is 0 Å². The van der Waals surface area contributed by atoms with Gasteiger partial charge in [-0.15, -0.1) is 0 Å². The molecule has 0 radical (unpaired) electrons. The Morgan fingerprint density at radius 2 is 2.00 bits per heavy atom. The summed E-state index contributed by atoms with van der Waals surface area (Å²) in [7, 11) is 0. The fourth-order valence-corrected chi connectivity index (χ4v) is 0.525. The molecule has 1 saturated carbocycles. The molecule has 1 aliphatic rings. The van der Waals surface area contributed by atoms with E-state index in [0.717, 1.165) is 0 Å². The van der Waals surface area contributed by atoms with Gasteiger partial charge in [0.15, 0.2) is 0 Å². The third-order valence-electron chi connectivity index (χ3n) is 1.21. The highest BCUT2D eigenvalue weighted by Gasteiger charge is 2.40. The van der Waals surface area contributed by atoms with Crippen LogP contribution in [0.4, 0.5) is 8.78 Å². The van der Waals surface area contributed by atoms with Crippen molar-refractivity contribution in [1.29, 1.82) is 0 Å². The summed E-state index contributed by atoms with van der Waals surface area (Å²) in [6, 6.07) is -0.208. The zero-order chi connectivity index (χ0) is 5.44. The van der Waals surface area contributed by atoms with Crippen LogP contribution in [-0.4, -0.2) is 12.5 Å². The Hall–Kier alpha value is -0.180. The van der Waals surface area contributed by atoms with Crippen LogP contribution in [0.25, 0.3) is 0 Å². The van der Waals surface area contributed by atoms with Crippen molar-refractivity contribution in [2.45, 2.75) is 18.9 Å². The zero-order valence-electron chi connectivity index (χ0n) is 3.77. The molecule has 1 rings (SSSR count). The van der Waals surface area contributed by atoms with E-state index in [1.54, 1.807) is 0 Å². The average molecular weight is 107 g/mol. The Labute approximate surface area is 40.5 Å². The lowest BCUT2D eigenvalue weighted by Gasteiger charge is -1.88. The van der Waals surface area contributed by atoms with E-state index in [1.807, 2.05) is 0 Å². The van der Waals surface area contributed by atoms with Crippen LogP contribution in [0.3, 0.4) is 0 Å². The quantitative estimate of drug-likeness (QED) is 0.521. The van der Waals surface area contributed by atoms with Crippen molar-refractivity contribution in [3.63, 3.8) is 0 Å². The predicted molar refractivity (Wildman–Crippen MR) is 22.1 cm³/mol. The minimum Gasteiger partial charge on any atom is -0.327 e. The first kappa shape index (κ1) is 4.97. The first-order valence-electron chi connectivity index (χ1n) is 2.25. The fourth-order valence-electron chi connectivity index (χ4n) is 0.525. The Morgan fingerprint density at radius 3 is 2.00 bits per heavy atom. The molecule has 7 heavy (non-hydrogen) atoms. The van der Waals surface area contributed by atoms with E-state index in [-0.39, 0.29) is 6.04 Å². The Bertz CT molecular complexity index is 74.1. The van der Waals surface area contributed by atoms with Gasteiger partial charge >= 0.3 is 0 Å². The van der Waals surface area contributed by atoms with Crippen LogP contribution >= 0.6 is 0 Å². The summed E-state index contributed by atoms with van der Waals surface area (Å²) in [4.78, 5) is 0. The van der Waals surface area contributed by atoms with Gasteiger partial charge in [-0.25, -0.2) is 8.78 Å². The molecular formula is C4H7F2N. The third-order valence-corrected chi connectivity index (χ3v) is 1.21. The Kier molecular flexibility index (Phi) is 0.995. The van der Waals surface area contributed by atoms with Crippen molar-refractivity contribution >= 4 is 0 Å². The maximum atomic E-state index is 11.4. The predicted octanol–water partition coefficient (Wildman–Crippen LogP) is 0.599. The number of rotatable bonds is 1. The summed E-state index contributed by atoms with van der Waals surface area (Å²) < 4.78 is 22.8. The highest BCUT2D eigenvalue weighted by atomic mass is 19.3. The second-order valence-corrected chi connectivity index (χ2v) is 1.90. The first-order valence-corrected chi connectivity index (χ1v) is 2.25. The van der Waals surface area contributed by atoms with Crippen molar-refractivity contribution in [3.05, 3.63) is 0 Å². The summed E-state index contributed by atoms with van der Waals surface area (Å²) in [5, 5.41) is 0. The molecule has 0 saturated heterocycles. The van der Waals surface area contributed by atoms with Crippen molar-refractivity contribution in [2.24, 2.45) is 11.7 Å². The highest BCUT2D eigenvalue weighted by molar-refractivity contribution is 4.91. The lowest BCUT2D eigenvalue weighted by Crippen LogP contribution is -2.06. The maximum Gasteiger partial charge on any atom is 0.242 e. The van der Waals surface area contributed by atoms with Gasteiger partial charge in [0, 0.05) is 12.0 Å². The molecule has 0 aliphatic heterocycles. The van der Waals surface area contributed by atoms with Crippen molar-refractivity contribution in [1.82, 2.24) is 0 Å². The van der Waals surface area contributed by atoms with E-state index in [4.69, 9.17) is 5.73 Å². The maximum absolute atomic E-state index is 11.4. The number of hydrogen-bond acceptors (Lipinski definition) is 1. The van der Waals surface area contributed by atoms with Crippen LogP contribution in [0.1, 0.15) is 6.42 Å². The van der Waals surface area contributed by atoms with Gasteiger partial charge in [0.2, 0.25) is 6.43 Å². The van der Waals surface area contributed by atoms with Gasteiger partial charge < -0.3 is 5.73 Å². The molecule has 42 valence electrons. The molecule has 0 aromatic carbocycles. The van der Waals surface area contributed by atoms with Crippen LogP contribution in [0.15, 0.2) is 0 Å². The minimum absolute atomic E-state index is 0.208. The van der Waals surface area contributed by atoms with Gasteiger partial charge in [-0.1, -0.05) is 0 Å². The first-order chi connectivity index (χ1) is 3.22. The van der Waals surface area contributed by atoms with Gasteiger partial charge in [0.1, 0.15) is 0 Å². The normalized spacial score (nSPS) is 39.4. The number of halogens is 2. The highest BCUT2D eigenvalue weighted by Crippen LogP contribution is 2.33. The Morgan fingerprint density at radius 1 is 1.57 bits per heavy atom. The van der Waals surface area contributed by atoms with Gasteiger partial charge in [0.25, 0.3) is 0 Å². The third kappa shape index (κ3) is 0.881.